The molecule has 4 aromatic rings. The van der Waals surface area contributed by atoms with Crippen molar-refractivity contribution in [3.05, 3.63) is 47.7 Å². The van der Waals surface area contributed by atoms with Crippen LogP contribution in [0.25, 0.3) is 32.9 Å². The van der Waals surface area contributed by atoms with Gasteiger partial charge in [-0.1, -0.05) is 13.0 Å². The summed E-state index contributed by atoms with van der Waals surface area (Å²) in [4.78, 5) is 17.2. The van der Waals surface area contributed by atoms with Crippen molar-refractivity contribution in [1.82, 2.24) is 19.9 Å². The molecule has 1 unspecified atom stereocenters. The van der Waals surface area contributed by atoms with Crippen LogP contribution in [0.3, 0.4) is 0 Å². The van der Waals surface area contributed by atoms with Gasteiger partial charge in [-0.3, -0.25) is 9.88 Å². The quantitative estimate of drug-likeness (QED) is 0.297. The maximum Gasteiger partial charge on any atom is 0.319 e. The number of nitrogens with zero attached hydrogens (tertiary/aromatic N) is 5. The second-order valence-corrected chi connectivity index (χ2v) is 14.4. The molecule has 3 aliphatic heterocycles. The van der Waals surface area contributed by atoms with Crippen LogP contribution in [0.15, 0.2) is 30.5 Å². The number of hydrogen-bond donors (Lipinski definition) is 2. The number of aromatic hydroxyl groups is 1. The van der Waals surface area contributed by atoms with E-state index in [4.69, 9.17) is 14.6 Å². The van der Waals surface area contributed by atoms with E-state index in [1.54, 1.807) is 11.8 Å². The van der Waals surface area contributed by atoms with Gasteiger partial charge in [-0.15, -0.1) is 0 Å². The summed E-state index contributed by atoms with van der Waals surface area (Å²) in [5.74, 6) is -1.33. The summed E-state index contributed by atoms with van der Waals surface area (Å²) < 4.78 is 82.6. The van der Waals surface area contributed by atoms with Crippen LogP contribution in [0.1, 0.15) is 31.7 Å². The van der Waals surface area contributed by atoms with E-state index in [0.717, 1.165) is 19.4 Å². The van der Waals surface area contributed by atoms with E-state index in [1.807, 2.05) is 0 Å². The number of halogens is 3. The van der Waals surface area contributed by atoms with E-state index >= 15 is 4.39 Å². The molecular formula is C32H35F3N6O5S. The monoisotopic (exact) mass is 672 g/mol. The number of fused-ring (bicyclic) bond motifs is 3. The highest BCUT2D eigenvalue weighted by molar-refractivity contribution is 7.89. The fourth-order valence-electron chi connectivity index (χ4n) is 7.37. The maximum atomic E-state index is 16.8. The lowest BCUT2D eigenvalue weighted by atomic mass is 9.94. The van der Waals surface area contributed by atoms with Crippen LogP contribution in [0, 0.1) is 11.6 Å². The minimum absolute atomic E-state index is 0.0805. The third kappa shape index (κ3) is 5.72. The van der Waals surface area contributed by atoms with Crippen molar-refractivity contribution in [2.45, 2.75) is 49.6 Å². The molecule has 0 bridgehead atoms. The molecule has 0 radical (unpaired) electrons. The van der Waals surface area contributed by atoms with Crippen molar-refractivity contribution in [2.24, 2.45) is 5.14 Å². The maximum absolute atomic E-state index is 16.8. The molecule has 2 aromatic carbocycles. The number of aromatic nitrogens is 3. The number of hydrogen-bond acceptors (Lipinski definition) is 10. The molecule has 0 spiro atoms. The number of aryl methyl sites for hydroxylation is 1. The van der Waals surface area contributed by atoms with Gasteiger partial charge in [0.2, 0.25) is 10.0 Å². The zero-order chi connectivity index (χ0) is 33.1. The molecule has 3 atom stereocenters. The molecule has 3 aliphatic rings. The van der Waals surface area contributed by atoms with E-state index < -0.39 is 38.6 Å². The van der Waals surface area contributed by atoms with Gasteiger partial charge in [0.1, 0.15) is 46.6 Å². The summed E-state index contributed by atoms with van der Waals surface area (Å²) in [7, 11) is -4.00. The molecule has 47 heavy (non-hydrogen) atoms. The SMILES string of the molecule is CCc1c(F)ccc2cc(O)cc(-c3ncc4c(N5CCOCC(S(N)(=O)=O)C5)nc(OC[C@@]56CCCN5C[C@H](F)C6)nc4c3F)c12. The van der Waals surface area contributed by atoms with Crippen molar-refractivity contribution in [1.29, 1.82) is 0 Å². The zero-order valence-electron chi connectivity index (χ0n) is 25.8. The van der Waals surface area contributed by atoms with Crippen LogP contribution < -0.4 is 14.8 Å². The van der Waals surface area contributed by atoms with E-state index in [0.29, 0.717) is 35.7 Å². The summed E-state index contributed by atoms with van der Waals surface area (Å²) in [5.41, 5.74) is -0.360. The highest BCUT2D eigenvalue weighted by Crippen LogP contribution is 2.42. The van der Waals surface area contributed by atoms with Gasteiger partial charge in [-0.05, 0) is 60.3 Å². The predicted octanol–water partition coefficient (Wildman–Crippen LogP) is 3.84. The van der Waals surface area contributed by atoms with Crippen LogP contribution in [-0.2, 0) is 21.2 Å². The zero-order valence-corrected chi connectivity index (χ0v) is 26.6. The molecule has 0 amide bonds. The third-order valence-corrected chi connectivity index (χ3v) is 10.8. The summed E-state index contributed by atoms with van der Waals surface area (Å²) in [6.45, 7) is 3.07. The van der Waals surface area contributed by atoms with Crippen LogP contribution >= 0.6 is 0 Å². The molecule has 3 saturated heterocycles. The Morgan fingerprint density at radius 3 is 2.81 bits per heavy atom. The fraction of sp³-hybridized carbons (Fsp3) is 0.469. The number of nitrogens with two attached hydrogens (primary N) is 1. The Hall–Kier alpha value is -3.79. The van der Waals surface area contributed by atoms with Gasteiger partial charge in [-0.25, -0.2) is 26.7 Å². The van der Waals surface area contributed by atoms with E-state index in [1.165, 1.54) is 30.5 Å². The van der Waals surface area contributed by atoms with Gasteiger partial charge >= 0.3 is 6.01 Å². The molecule has 7 rings (SSSR count). The number of phenols is 1. The lowest BCUT2D eigenvalue weighted by molar-refractivity contribution is 0.107. The van der Waals surface area contributed by atoms with E-state index in [2.05, 4.69) is 19.9 Å². The lowest BCUT2D eigenvalue weighted by Crippen LogP contribution is -2.43. The van der Waals surface area contributed by atoms with Crippen molar-refractivity contribution >= 4 is 37.5 Å². The lowest BCUT2D eigenvalue weighted by Gasteiger charge is -2.31. The first-order valence-corrected chi connectivity index (χ1v) is 17.3. The average Bonchev–Trinajstić information content (AvgIpc) is 3.42. The number of pyridine rings is 1. The number of rotatable bonds is 7. The van der Waals surface area contributed by atoms with Crippen LogP contribution in [0.2, 0.25) is 0 Å². The molecule has 0 aliphatic carbocycles. The fourth-order valence-corrected chi connectivity index (χ4v) is 8.04. The number of ether oxygens (including phenoxy) is 2. The summed E-state index contributed by atoms with van der Waals surface area (Å²) in [6.07, 6.45) is 2.62. The average molecular weight is 673 g/mol. The molecule has 2 aromatic heterocycles. The first-order valence-electron chi connectivity index (χ1n) is 15.6. The third-order valence-electron chi connectivity index (χ3n) is 9.63. The smallest absolute Gasteiger partial charge is 0.319 e. The summed E-state index contributed by atoms with van der Waals surface area (Å²) in [5, 5.41) is 16.1. The first kappa shape index (κ1) is 31.8. The van der Waals surface area contributed by atoms with Gasteiger partial charge in [0.15, 0.2) is 5.82 Å². The van der Waals surface area contributed by atoms with E-state index in [-0.39, 0.29) is 72.6 Å². The number of alkyl halides is 1. The van der Waals surface area contributed by atoms with Crippen molar-refractivity contribution in [2.75, 3.05) is 50.9 Å². The Balaban J connectivity index is 1.39. The van der Waals surface area contributed by atoms with Crippen LogP contribution in [0.5, 0.6) is 11.8 Å². The van der Waals surface area contributed by atoms with Gasteiger partial charge in [0.05, 0.1) is 24.1 Å². The Labute approximate surface area is 269 Å². The van der Waals surface area contributed by atoms with Gasteiger partial charge in [0, 0.05) is 37.8 Å². The van der Waals surface area contributed by atoms with E-state index in [9.17, 15) is 22.3 Å². The highest BCUT2D eigenvalue weighted by atomic mass is 32.2. The molecule has 11 nitrogen and oxygen atoms in total. The standard InChI is InChI=1S/C32H35F3N6O5S/c1-2-22-25(34)5-4-18-10-20(42)11-23(26(18)22)28-27(35)29-24(13-37-28)30(40-8-9-45-16-21(15-40)47(36,43)44)39-31(38-29)46-17-32-6-3-7-41(32)14-19(33)12-32/h4-5,10-11,13,19,21,42H,2-3,6-9,12,14-17H2,1H3,(H2,36,43,44)/t19-,21?,32+/m1/s1. The van der Waals surface area contributed by atoms with Gasteiger partial charge in [0.25, 0.3) is 0 Å². The molecule has 3 fully saturated rings. The number of primary sulfonamides is 1. The van der Waals surface area contributed by atoms with Crippen LogP contribution in [-0.4, -0.2) is 96.3 Å². The van der Waals surface area contributed by atoms with Gasteiger partial charge in [-0.2, -0.15) is 9.97 Å². The Morgan fingerprint density at radius 1 is 1.19 bits per heavy atom. The van der Waals surface area contributed by atoms with Crippen molar-refractivity contribution < 1.29 is 36.2 Å². The van der Waals surface area contributed by atoms with Crippen LogP contribution in [0.4, 0.5) is 19.0 Å². The normalized spacial score (nSPS) is 23.8. The first-order chi connectivity index (χ1) is 22.5. The molecule has 15 heteroatoms. The number of phenolic OH excluding ortho intramolecular Hbond substituents is 1. The second-order valence-electron chi connectivity index (χ2n) is 12.6. The molecule has 0 saturated carbocycles. The number of sulfonamides is 1. The summed E-state index contributed by atoms with van der Waals surface area (Å²) >= 11 is 0. The van der Waals surface area contributed by atoms with Crippen molar-refractivity contribution in [3.8, 4) is 23.0 Å². The number of anilines is 1. The minimum Gasteiger partial charge on any atom is -0.508 e. The summed E-state index contributed by atoms with van der Waals surface area (Å²) in [6, 6.07) is 5.45. The van der Waals surface area contributed by atoms with Gasteiger partial charge < -0.3 is 19.5 Å². The molecule has 3 N–H and O–H groups in total. The Kier molecular flexibility index (Phi) is 8.13. The predicted molar refractivity (Wildman–Crippen MR) is 170 cm³/mol. The molecule has 250 valence electrons. The Morgan fingerprint density at radius 2 is 2.02 bits per heavy atom. The topological polar surface area (TPSA) is 144 Å². The minimum atomic E-state index is -4.00. The molecular weight excluding hydrogens is 637 g/mol. The van der Waals surface area contributed by atoms with Crippen molar-refractivity contribution in [3.63, 3.8) is 0 Å². The Bertz CT molecular complexity index is 1980. The number of benzene rings is 2. The molecule has 5 heterocycles. The second kappa shape index (κ2) is 12.0. The highest BCUT2D eigenvalue weighted by Gasteiger charge is 2.49. The largest absolute Gasteiger partial charge is 0.508 e.